The minimum Gasteiger partial charge on any atom is -0.495 e. The van der Waals surface area contributed by atoms with Gasteiger partial charge in [-0.2, -0.15) is 0 Å². The lowest BCUT2D eigenvalue weighted by Gasteiger charge is -2.19. The monoisotopic (exact) mass is 366 g/mol. The van der Waals surface area contributed by atoms with Crippen LogP contribution in [0.1, 0.15) is 36.5 Å². The maximum absolute atomic E-state index is 11.4. The fourth-order valence-corrected chi connectivity index (χ4v) is 3.39. The maximum Gasteiger partial charge on any atom is 0.221 e. The van der Waals surface area contributed by atoms with Gasteiger partial charge in [0.15, 0.2) is 5.96 Å². The van der Waals surface area contributed by atoms with Gasteiger partial charge in [-0.1, -0.05) is 18.2 Å². The standard InChI is InChI=1S/C21H26N4O2/c1-14(26)24-19-12-15(10-11-20(19)27-2)13-23-21(22)25-18-9-5-7-16-6-3-4-8-17(16)18/h5,7,9-12H,3-4,6,8,13H2,1-2H3,(H,24,26)(H3,22,23,25). The summed E-state index contributed by atoms with van der Waals surface area (Å²) in [6.45, 7) is 1.87. The second-order valence-electron chi connectivity index (χ2n) is 6.69. The Labute approximate surface area is 159 Å². The summed E-state index contributed by atoms with van der Waals surface area (Å²) in [6, 6.07) is 11.9. The number of rotatable bonds is 5. The fourth-order valence-electron chi connectivity index (χ4n) is 3.39. The molecule has 3 rings (SSSR count). The Morgan fingerprint density at radius 1 is 1.15 bits per heavy atom. The molecule has 1 aliphatic rings. The number of aliphatic imine (C=N–C) groups is 1. The van der Waals surface area contributed by atoms with Crippen LogP contribution < -0.4 is 21.1 Å². The van der Waals surface area contributed by atoms with E-state index in [9.17, 15) is 4.79 Å². The largest absolute Gasteiger partial charge is 0.495 e. The normalized spacial score (nSPS) is 13.6. The number of anilines is 2. The number of carbonyl (C=O) groups excluding carboxylic acids is 1. The van der Waals surface area contributed by atoms with Gasteiger partial charge in [0.25, 0.3) is 0 Å². The van der Waals surface area contributed by atoms with E-state index in [4.69, 9.17) is 10.5 Å². The van der Waals surface area contributed by atoms with Crippen molar-refractivity contribution in [2.75, 3.05) is 17.7 Å². The predicted octanol–water partition coefficient (Wildman–Crippen LogP) is 3.46. The van der Waals surface area contributed by atoms with Gasteiger partial charge in [-0.3, -0.25) is 4.79 Å². The highest BCUT2D eigenvalue weighted by atomic mass is 16.5. The molecule has 0 unspecified atom stereocenters. The highest BCUT2D eigenvalue weighted by Crippen LogP contribution is 2.28. The average Bonchev–Trinajstić information content (AvgIpc) is 2.66. The Hall–Kier alpha value is -3.02. The number of ether oxygens (including phenoxy) is 1. The quantitative estimate of drug-likeness (QED) is 0.558. The zero-order chi connectivity index (χ0) is 19.2. The molecular weight excluding hydrogens is 340 g/mol. The first-order valence-electron chi connectivity index (χ1n) is 9.19. The first-order valence-corrected chi connectivity index (χ1v) is 9.19. The minimum atomic E-state index is -0.149. The second-order valence-corrected chi connectivity index (χ2v) is 6.69. The second kappa shape index (κ2) is 8.58. The van der Waals surface area contributed by atoms with Gasteiger partial charge in [0.2, 0.25) is 5.91 Å². The van der Waals surface area contributed by atoms with Gasteiger partial charge >= 0.3 is 0 Å². The molecule has 0 heterocycles. The molecule has 0 bridgehead atoms. The lowest BCUT2D eigenvalue weighted by Crippen LogP contribution is -2.24. The number of guanidine groups is 1. The number of hydrogen-bond acceptors (Lipinski definition) is 3. The van der Waals surface area contributed by atoms with Crippen molar-refractivity contribution in [2.45, 2.75) is 39.2 Å². The molecule has 142 valence electrons. The van der Waals surface area contributed by atoms with Crippen molar-refractivity contribution in [3.05, 3.63) is 53.1 Å². The molecule has 2 aromatic rings. The van der Waals surface area contributed by atoms with Crippen molar-refractivity contribution in [2.24, 2.45) is 10.7 Å². The number of nitrogens with one attached hydrogen (secondary N) is 2. The molecule has 0 atom stereocenters. The Kier molecular flexibility index (Phi) is 5.96. The molecule has 6 heteroatoms. The van der Waals surface area contributed by atoms with Crippen molar-refractivity contribution in [1.29, 1.82) is 0 Å². The zero-order valence-electron chi connectivity index (χ0n) is 15.8. The minimum absolute atomic E-state index is 0.149. The van der Waals surface area contributed by atoms with Gasteiger partial charge in [0.05, 0.1) is 19.3 Å². The summed E-state index contributed by atoms with van der Waals surface area (Å²) in [7, 11) is 1.57. The lowest BCUT2D eigenvalue weighted by molar-refractivity contribution is -0.114. The third-order valence-corrected chi connectivity index (χ3v) is 4.67. The lowest BCUT2D eigenvalue weighted by atomic mass is 9.90. The molecule has 0 saturated heterocycles. The number of carbonyl (C=O) groups is 1. The molecule has 0 saturated carbocycles. The summed E-state index contributed by atoms with van der Waals surface area (Å²) < 4.78 is 5.27. The molecular formula is C21H26N4O2. The van der Waals surface area contributed by atoms with Crippen molar-refractivity contribution in [1.82, 2.24) is 0 Å². The molecule has 2 aromatic carbocycles. The van der Waals surface area contributed by atoms with Crippen LogP contribution in [0.4, 0.5) is 11.4 Å². The maximum atomic E-state index is 11.4. The molecule has 0 spiro atoms. The van der Waals surface area contributed by atoms with E-state index in [1.807, 2.05) is 18.2 Å². The van der Waals surface area contributed by atoms with Gasteiger partial charge < -0.3 is 21.1 Å². The summed E-state index contributed by atoms with van der Waals surface area (Å²) in [5.74, 6) is 0.842. The van der Waals surface area contributed by atoms with Crippen LogP contribution in [0.3, 0.4) is 0 Å². The van der Waals surface area contributed by atoms with Gasteiger partial charge in [-0.05, 0) is 60.6 Å². The van der Waals surface area contributed by atoms with Crippen LogP contribution in [-0.2, 0) is 24.2 Å². The number of nitrogens with zero attached hydrogens (tertiary/aromatic N) is 1. The highest BCUT2D eigenvalue weighted by Gasteiger charge is 2.13. The average molecular weight is 366 g/mol. The fraction of sp³-hybridized carbons (Fsp3) is 0.333. The van der Waals surface area contributed by atoms with Gasteiger partial charge in [-0.15, -0.1) is 0 Å². The van der Waals surface area contributed by atoms with E-state index in [1.54, 1.807) is 7.11 Å². The SMILES string of the molecule is COc1ccc(CN=C(N)Nc2cccc3c2CCCC3)cc1NC(C)=O. The van der Waals surface area contributed by atoms with Crippen LogP contribution in [0.2, 0.25) is 0 Å². The van der Waals surface area contributed by atoms with E-state index in [-0.39, 0.29) is 5.91 Å². The van der Waals surface area contributed by atoms with Crippen molar-refractivity contribution >= 4 is 23.2 Å². The smallest absolute Gasteiger partial charge is 0.221 e. The van der Waals surface area contributed by atoms with Crippen LogP contribution in [0.15, 0.2) is 41.4 Å². The number of benzene rings is 2. The van der Waals surface area contributed by atoms with Gasteiger partial charge in [0.1, 0.15) is 5.75 Å². The van der Waals surface area contributed by atoms with Crippen molar-refractivity contribution < 1.29 is 9.53 Å². The molecule has 0 fully saturated rings. The molecule has 27 heavy (non-hydrogen) atoms. The number of fused-ring (bicyclic) bond motifs is 1. The zero-order valence-corrected chi connectivity index (χ0v) is 15.8. The molecule has 1 aliphatic carbocycles. The molecule has 0 aliphatic heterocycles. The summed E-state index contributed by atoms with van der Waals surface area (Å²) in [5, 5.41) is 6.01. The van der Waals surface area contributed by atoms with Crippen LogP contribution in [0.25, 0.3) is 0 Å². The third kappa shape index (κ3) is 4.78. The molecule has 0 radical (unpaired) electrons. The van der Waals surface area contributed by atoms with Crippen LogP contribution in [-0.4, -0.2) is 19.0 Å². The van der Waals surface area contributed by atoms with Crippen molar-refractivity contribution in [3.63, 3.8) is 0 Å². The Balaban J connectivity index is 1.72. The predicted molar refractivity (Wildman–Crippen MR) is 109 cm³/mol. The Morgan fingerprint density at radius 2 is 1.96 bits per heavy atom. The van der Waals surface area contributed by atoms with Gasteiger partial charge in [-0.25, -0.2) is 4.99 Å². The molecule has 1 amide bonds. The van der Waals surface area contributed by atoms with E-state index in [2.05, 4.69) is 33.8 Å². The van der Waals surface area contributed by atoms with E-state index < -0.39 is 0 Å². The topological polar surface area (TPSA) is 88.7 Å². The highest BCUT2D eigenvalue weighted by molar-refractivity contribution is 5.93. The number of aryl methyl sites for hydroxylation is 1. The summed E-state index contributed by atoms with van der Waals surface area (Å²) in [5.41, 5.74) is 11.4. The van der Waals surface area contributed by atoms with Crippen LogP contribution in [0, 0.1) is 0 Å². The first-order chi connectivity index (χ1) is 13.1. The summed E-state index contributed by atoms with van der Waals surface area (Å²) >= 11 is 0. The third-order valence-electron chi connectivity index (χ3n) is 4.67. The summed E-state index contributed by atoms with van der Waals surface area (Å²) in [6.07, 6.45) is 4.65. The van der Waals surface area contributed by atoms with Crippen LogP contribution in [0.5, 0.6) is 5.75 Å². The number of amides is 1. The number of methoxy groups -OCH3 is 1. The Morgan fingerprint density at radius 3 is 2.74 bits per heavy atom. The molecule has 6 nitrogen and oxygen atoms in total. The Bertz CT molecular complexity index is 861. The van der Waals surface area contributed by atoms with Crippen molar-refractivity contribution in [3.8, 4) is 5.75 Å². The molecule has 0 aromatic heterocycles. The van der Waals surface area contributed by atoms with E-state index in [0.717, 1.165) is 24.1 Å². The number of hydrogen-bond donors (Lipinski definition) is 3. The van der Waals surface area contributed by atoms with Gasteiger partial charge in [0, 0.05) is 12.6 Å². The van der Waals surface area contributed by atoms with Crippen LogP contribution >= 0.6 is 0 Å². The van der Waals surface area contributed by atoms with E-state index in [1.165, 1.54) is 30.9 Å². The number of nitrogens with two attached hydrogens (primary N) is 1. The summed E-state index contributed by atoms with van der Waals surface area (Å²) in [4.78, 5) is 15.8. The molecule has 4 N–H and O–H groups in total. The van der Waals surface area contributed by atoms with E-state index >= 15 is 0 Å². The first kappa shape index (κ1) is 18.8. The van der Waals surface area contributed by atoms with E-state index in [0.29, 0.717) is 23.9 Å².